The van der Waals surface area contributed by atoms with Gasteiger partial charge in [-0.1, -0.05) is 36.4 Å². The molecule has 1 aliphatic heterocycles. The van der Waals surface area contributed by atoms with E-state index in [1.165, 1.54) is 0 Å². The van der Waals surface area contributed by atoms with Crippen LogP contribution in [-0.4, -0.2) is 54.7 Å². The van der Waals surface area contributed by atoms with E-state index in [9.17, 15) is 0 Å². The highest BCUT2D eigenvalue weighted by Crippen LogP contribution is 2.30. The van der Waals surface area contributed by atoms with E-state index in [1.807, 2.05) is 54.7 Å². The summed E-state index contributed by atoms with van der Waals surface area (Å²) in [6, 6.07) is 24.7. The largest absolute Gasteiger partial charge is 0.497 e. The van der Waals surface area contributed by atoms with Gasteiger partial charge in [-0.05, 0) is 35.9 Å². The molecule has 2 heterocycles. The van der Waals surface area contributed by atoms with Crippen molar-refractivity contribution >= 4 is 28.2 Å². The van der Waals surface area contributed by atoms with Crippen molar-refractivity contribution in [3.63, 3.8) is 0 Å². The van der Waals surface area contributed by atoms with Gasteiger partial charge >= 0.3 is 0 Å². The predicted octanol–water partition coefficient (Wildman–Crippen LogP) is 4.69. The number of ether oxygens (including phenoxy) is 1. The van der Waals surface area contributed by atoms with Crippen LogP contribution in [0, 0.1) is 11.3 Å². The third-order valence-electron chi connectivity index (χ3n) is 6.15. The molecule has 3 aromatic carbocycles. The van der Waals surface area contributed by atoms with E-state index >= 15 is 0 Å². The molecule has 7 heteroatoms. The number of rotatable bonds is 6. The fourth-order valence-electron chi connectivity index (χ4n) is 4.29. The summed E-state index contributed by atoms with van der Waals surface area (Å²) in [7, 11) is 1.67. The van der Waals surface area contributed by atoms with Gasteiger partial charge in [0.15, 0.2) is 0 Å². The molecule has 4 aromatic rings. The summed E-state index contributed by atoms with van der Waals surface area (Å²) in [5, 5.41) is 13.3. The second kappa shape index (κ2) is 9.77. The predicted molar refractivity (Wildman–Crippen MR) is 136 cm³/mol. The molecule has 1 aliphatic rings. The van der Waals surface area contributed by atoms with Gasteiger partial charge in [-0.25, -0.2) is 9.97 Å². The van der Waals surface area contributed by atoms with Gasteiger partial charge in [0.05, 0.1) is 25.2 Å². The van der Waals surface area contributed by atoms with Gasteiger partial charge in [0.2, 0.25) is 5.95 Å². The summed E-state index contributed by atoms with van der Waals surface area (Å²) in [4.78, 5) is 13.9. The van der Waals surface area contributed by atoms with Gasteiger partial charge in [-0.3, -0.25) is 4.90 Å². The summed E-state index contributed by atoms with van der Waals surface area (Å²) < 4.78 is 5.29. The van der Waals surface area contributed by atoms with Crippen LogP contribution in [0.3, 0.4) is 0 Å². The number of nitriles is 1. The van der Waals surface area contributed by atoms with Crippen molar-refractivity contribution < 1.29 is 4.74 Å². The van der Waals surface area contributed by atoms with Crippen molar-refractivity contribution in [3.8, 4) is 22.9 Å². The molecule has 0 spiro atoms. The molecule has 0 unspecified atom stereocenters. The number of hydrogen-bond acceptors (Lipinski definition) is 7. The van der Waals surface area contributed by atoms with Gasteiger partial charge in [0.1, 0.15) is 5.75 Å². The minimum atomic E-state index is 0.493. The maximum Gasteiger partial charge on any atom is 0.227 e. The third-order valence-corrected chi connectivity index (χ3v) is 6.15. The van der Waals surface area contributed by atoms with Gasteiger partial charge < -0.3 is 15.0 Å². The molecular formula is C27H26N6O. The van der Waals surface area contributed by atoms with E-state index in [1.54, 1.807) is 7.11 Å². The minimum absolute atomic E-state index is 0.493. The fourth-order valence-corrected chi connectivity index (χ4v) is 4.29. The second-order valence-electron chi connectivity index (χ2n) is 8.26. The van der Waals surface area contributed by atoms with Crippen molar-refractivity contribution in [1.29, 1.82) is 5.26 Å². The lowest BCUT2D eigenvalue weighted by Gasteiger charge is -2.35. The highest BCUT2D eigenvalue weighted by molar-refractivity contribution is 5.94. The van der Waals surface area contributed by atoms with E-state index in [2.05, 4.69) is 44.4 Å². The monoisotopic (exact) mass is 450 g/mol. The molecule has 7 nitrogen and oxygen atoms in total. The molecule has 170 valence electrons. The van der Waals surface area contributed by atoms with E-state index in [-0.39, 0.29) is 0 Å². The average molecular weight is 451 g/mol. The first-order chi connectivity index (χ1) is 16.7. The zero-order valence-corrected chi connectivity index (χ0v) is 19.1. The van der Waals surface area contributed by atoms with Crippen molar-refractivity contribution in [2.45, 2.75) is 0 Å². The molecule has 1 N–H and O–H groups in total. The first-order valence-corrected chi connectivity index (χ1v) is 11.3. The highest BCUT2D eigenvalue weighted by Gasteiger charge is 2.17. The number of piperazine rings is 1. The number of nitrogens with one attached hydrogen (secondary N) is 1. The lowest BCUT2D eigenvalue weighted by atomic mass is 10.0. The molecule has 0 bridgehead atoms. The van der Waals surface area contributed by atoms with Gasteiger partial charge in [-0.2, -0.15) is 5.26 Å². The Balaban J connectivity index is 1.38. The summed E-state index contributed by atoms with van der Waals surface area (Å²) in [6.07, 6.45) is 1.86. The van der Waals surface area contributed by atoms with E-state index in [4.69, 9.17) is 15.0 Å². The van der Waals surface area contributed by atoms with Crippen LogP contribution in [0.25, 0.3) is 22.0 Å². The smallest absolute Gasteiger partial charge is 0.227 e. The number of para-hydroxylation sites is 1. The first kappa shape index (κ1) is 21.7. The maximum absolute atomic E-state index is 8.92. The number of anilines is 3. The summed E-state index contributed by atoms with van der Waals surface area (Å²) in [6.45, 7) is 4.10. The average Bonchev–Trinajstić information content (AvgIpc) is 2.89. The molecule has 5 rings (SSSR count). The van der Waals surface area contributed by atoms with Crippen LogP contribution in [0.15, 0.2) is 72.9 Å². The standard InChI is InChI=1S/C27H26N6O/c1-34-24-10-8-20(9-11-24)25-7-2-4-21-19-29-27(31-26(21)25)30-22-5-3-6-23(18-22)33-16-14-32(13-12-28)15-17-33/h2-11,18-19H,13-17H2,1H3,(H,29,30,31). The van der Waals surface area contributed by atoms with Crippen LogP contribution < -0.4 is 15.0 Å². The summed E-state index contributed by atoms with van der Waals surface area (Å²) in [5.41, 5.74) is 5.12. The van der Waals surface area contributed by atoms with E-state index in [0.717, 1.165) is 65.3 Å². The molecule has 34 heavy (non-hydrogen) atoms. The molecule has 1 aromatic heterocycles. The normalized spacial score (nSPS) is 14.1. The molecule has 0 radical (unpaired) electrons. The van der Waals surface area contributed by atoms with Crippen LogP contribution in [-0.2, 0) is 0 Å². The summed E-state index contributed by atoms with van der Waals surface area (Å²) >= 11 is 0. The Labute approximate surface area is 199 Å². The lowest BCUT2D eigenvalue weighted by molar-refractivity contribution is 0.287. The lowest BCUT2D eigenvalue weighted by Crippen LogP contribution is -2.46. The molecule has 0 aliphatic carbocycles. The topological polar surface area (TPSA) is 77.3 Å². The van der Waals surface area contributed by atoms with Gasteiger partial charge in [0, 0.05) is 54.7 Å². The van der Waals surface area contributed by atoms with E-state index < -0.39 is 0 Å². The van der Waals surface area contributed by atoms with E-state index in [0.29, 0.717) is 12.5 Å². The molecule has 1 saturated heterocycles. The maximum atomic E-state index is 8.92. The Morgan fingerprint density at radius 1 is 1.00 bits per heavy atom. The van der Waals surface area contributed by atoms with Gasteiger partial charge in [0.25, 0.3) is 0 Å². The SMILES string of the molecule is COc1ccc(-c2cccc3cnc(Nc4cccc(N5CCN(CC#N)CC5)c4)nc23)cc1. The number of aromatic nitrogens is 2. The Morgan fingerprint density at radius 2 is 1.79 bits per heavy atom. The number of benzene rings is 3. The Kier molecular flexibility index (Phi) is 6.23. The number of hydrogen-bond donors (Lipinski definition) is 1. The number of methoxy groups -OCH3 is 1. The summed E-state index contributed by atoms with van der Waals surface area (Å²) in [5.74, 6) is 1.39. The second-order valence-corrected chi connectivity index (χ2v) is 8.26. The van der Waals surface area contributed by atoms with Crippen molar-refractivity contribution in [2.75, 3.05) is 50.1 Å². The Morgan fingerprint density at radius 3 is 2.56 bits per heavy atom. The van der Waals surface area contributed by atoms with Crippen LogP contribution >= 0.6 is 0 Å². The van der Waals surface area contributed by atoms with Crippen LogP contribution in [0.5, 0.6) is 5.75 Å². The minimum Gasteiger partial charge on any atom is -0.497 e. The van der Waals surface area contributed by atoms with Crippen molar-refractivity contribution in [1.82, 2.24) is 14.9 Å². The fraction of sp³-hybridized carbons (Fsp3) is 0.222. The zero-order valence-electron chi connectivity index (χ0n) is 19.1. The first-order valence-electron chi connectivity index (χ1n) is 11.3. The van der Waals surface area contributed by atoms with Crippen molar-refractivity contribution in [3.05, 3.63) is 72.9 Å². The molecule has 0 amide bonds. The molecule has 0 saturated carbocycles. The van der Waals surface area contributed by atoms with Gasteiger partial charge in [-0.15, -0.1) is 0 Å². The highest BCUT2D eigenvalue weighted by atomic mass is 16.5. The number of fused-ring (bicyclic) bond motifs is 1. The Hall–Kier alpha value is -4.15. The quantitative estimate of drug-likeness (QED) is 0.427. The van der Waals surface area contributed by atoms with Crippen LogP contribution in [0.1, 0.15) is 0 Å². The van der Waals surface area contributed by atoms with Crippen LogP contribution in [0.4, 0.5) is 17.3 Å². The molecule has 1 fully saturated rings. The van der Waals surface area contributed by atoms with Crippen molar-refractivity contribution in [2.24, 2.45) is 0 Å². The number of nitrogens with zero attached hydrogens (tertiary/aromatic N) is 5. The molecule has 0 atom stereocenters. The Bertz CT molecular complexity index is 1320. The molecular weight excluding hydrogens is 424 g/mol. The third kappa shape index (κ3) is 4.63. The zero-order chi connectivity index (χ0) is 23.3. The van der Waals surface area contributed by atoms with Crippen LogP contribution in [0.2, 0.25) is 0 Å².